The molecule has 0 fully saturated rings. The number of rotatable bonds is 12. The highest BCUT2D eigenvalue weighted by Gasteiger charge is 2.31. The number of hydrogen-bond acceptors (Lipinski definition) is 6. The van der Waals surface area contributed by atoms with Gasteiger partial charge in [0.1, 0.15) is 0 Å². The summed E-state index contributed by atoms with van der Waals surface area (Å²) in [4.78, 5) is 41.0. The largest absolute Gasteiger partial charge is 0.478 e. The number of carbonyl (C=O) groups excluding carboxylic acids is 1. The highest BCUT2D eigenvalue weighted by atomic mass is 16.5. The second-order valence-electron chi connectivity index (χ2n) is 12.5. The van der Waals surface area contributed by atoms with Gasteiger partial charge < -0.3 is 24.5 Å². The summed E-state index contributed by atoms with van der Waals surface area (Å²) in [6.07, 6.45) is 4.66. The van der Waals surface area contributed by atoms with E-state index >= 15 is 0 Å². The fourth-order valence-corrected chi connectivity index (χ4v) is 6.87. The molecule has 2 aliphatic heterocycles. The number of aromatic carboxylic acids is 1. The summed E-state index contributed by atoms with van der Waals surface area (Å²) in [5, 5.41) is 10.4. The van der Waals surface area contributed by atoms with Gasteiger partial charge in [-0.15, -0.1) is 0 Å². The quantitative estimate of drug-likeness (QED) is 0.136. The highest BCUT2D eigenvalue weighted by Crippen LogP contribution is 2.42. The van der Waals surface area contributed by atoms with E-state index in [0.29, 0.717) is 42.7 Å². The van der Waals surface area contributed by atoms with Crippen molar-refractivity contribution in [3.05, 3.63) is 68.8 Å². The molecule has 3 N–H and O–H groups in total. The smallest absolute Gasteiger partial charge is 0.338 e. The van der Waals surface area contributed by atoms with E-state index in [1.54, 1.807) is 0 Å². The van der Waals surface area contributed by atoms with Gasteiger partial charge >= 0.3 is 5.97 Å². The number of hydrogen-bond donors (Lipinski definition) is 3. The number of H-pyrrole nitrogens is 2. The van der Waals surface area contributed by atoms with Gasteiger partial charge in [-0.1, -0.05) is 33.6 Å². The van der Waals surface area contributed by atoms with Crippen LogP contribution in [0.2, 0.25) is 0 Å². The Bertz CT molecular complexity index is 1850. The molecule has 3 aromatic rings. The van der Waals surface area contributed by atoms with Crippen LogP contribution >= 0.6 is 0 Å². The van der Waals surface area contributed by atoms with Gasteiger partial charge in [-0.3, -0.25) is 9.78 Å². The second-order valence-corrected chi connectivity index (χ2v) is 12.5. The van der Waals surface area contributed by atoms with E-state index in [1.165, 1.54) is 0 Å². The fourth-order valence-electron chi connectivity index (χ4n) is 6.87. The van der Waals surface area contributed by atoms with Crippen molar-refractivity contribution in [1.82, 2.24) is 19.9 Å². The van der Waals surface area contributed by atoms with Crippen molar-refractivity contribution in [2.75, 3.05) is 13.2 Å². The Balaban J connectivity index is 1.86. The van der Waals surface area contributed by atoms with E-state index < -0.39 is 5.97 Å². The molecule has 0 aromatic carbocycles. The van der Waals surface area contributed by atoms with E-state index in [-0.39, 0.29) is 24.0 Å². The van der Waals surface area contributed by atoms with Crippen molar-refractivity contribution in [1.29, 1.82) is 0 Å². The highest BCUT2D eigenvalue weighted by molar-refractivity contribution is 6.02. The molecule has 0 unspecified atom stereocenters. The number of fused-ring (bicyclic) bond motifs is 8. The third-order valence-corrected chi connectivity index (χ3v) is 9.73. The molecule has 0 aliphatic carbocycles. The molecule has 0 saturated heterocycles. The number of carboxylic acids is 1. The number of unbranched alkanes of at least 4 members (excludes halogenated alkanes) is 2. The maximum absolute atomic E-state index is 12.7. The summed E-state index contributed by atoms with van der Waals surface area (Å²) in [5.41, 5.74) is 12.6. The molecule has 0 amide bonds. The van der Waals surface area contributed by atoms with E-state index in [2.05, 4.69) is 56.7 Å². The zero-order chi connectivity index (χ0) is 33.1. The maximum Gasteiger partial charge on any atom is 0.338 e. The van der Waals surface area contributed by atoms with Gasteiger partial charge in [0.05, 0.1) is 35.7 Å². The zero-order valence-electron chi connectivity index (χ0n) is 28.1. The van der Waals surface area contributed by atoms with Crippen LogP contribution in [0, 0.1) is 20.8 Å². The molecule has 46 heavy (non-hydrogen) atoms. The van der Waals surface area contributed by atoms with Crippen molar-refractivity contribution in [3.63, 3.8) is 0 Å². The Kier molecular flexibility index (Phi) is 10.1. The van der Waals surface area contributed by atoms with Crippen molar-refractivity contribution >= 4 is 45.7 Å². The van der Waals surface area contributed by atoms with Crippen molar-refractivity contribution < 1.29 is 24.2 Å². The first-order valence-electron chi connectivity index (χ1n) is 16.4. The van der Waals surface area contributed by atoms with Crippen LogP contribution in [0.4, 0.5) is 0 Å². The second kappa shape index (κ2) is 14.0. The third-order valence-electron chi connectivity index (χ3n) is 9.73. The molecule has 9 nitrogen and oxygen atoms in total. The summed E-state index contributed by atoms with van der Waals surface area (Å²) >= 11 is 0. The number of carbonyl (C=O) groups is 2. The molecule has 0 spiro atoms. The van der Waals surface area contributed by atoms with Crippen LogP contribution in [0.1, 0.15) is 127 Å². The summed E-state index contributed by atoms with van der Waals surface area (Å²) in [6, 6.07) is 6.18. The van der Waals surface area contributed by atoms with Crippen LogP contribution in [0.3, 0.4) is 0 Å². The van der Waals surface area contributed by atoms with Crippen molar-refractivity contribution in [2.45, 2.75) is 99.0 Å². The molecule has 9 heteroatoms. The Hall–Kier alpha value is -4.24. The lowest BCUT2D eigenvalue weighted by molar-refractivity contribution is -0.128. The predicted molar refractivity (Wildman–Crippen MR) is 182 cm³/mol. The standard InChI is InChI=1S/C37H46N4O5/c1-8-10-11-13-45-18-27-22(5)28-15-30-21(4)26(12-14-46-19-42)35(40-30)24(7)36-34(37(43)44)23(6)31(41-36)17-32-25(9-2)20(3)29(38-32)16-33(27)39-28/h15-17,19,21,26,39,41H,8-14,18H2,1-7H3,(H,43,44)/t21-,26-/m0/s1. The first kappa shape index (κ1) is 33.1. The fraction of sp³-hybridized carbons (Fsp3) is 0.459. The van der Waals surface area contributed by atoms with Crippen LogP contribution < -0.4 is 0 Å². The first-order chi connectivity index (χ1) is 22.1. The lowest BCUT2D eigenvalue weighted by Gasteiger charge is -2.16. The molecule has 5 rings (SSSR count). The van der Waals surface area contributed by atoms with Gasteiger partial charge in [-0.25, -0.2) is 9.78 Å². The number of carboxylic acid groups (broad SMARTS) is 1. The zero-order valence-corrected chi connectivity index (χ0v) is 28.1. The summed E-state index contributed by atoms with van der Waals surface area (Å²) in [6.45, 7) is 16.3. The number of allylic oxidation sites excluding steroid dienone is 2. The van der Waals surface area contributed by atoms with Gasteiger partial charge in [0.25, 0.3) is 6.47 Å². The Morgan fingerprint density at radius 3 is 2.37 bits per heavy atom. The van der Waals surface area contributed by atoms with Gasteiger partial charge in [0.2, 0.25) is 0 Å². The molecule has 244 valence electrons. The van der Waals surface area contributed by atoms with Crippen molar-refractivity contribution in [3.8, 4) is 0 Å². The topological polar surface area (TPSA) is 130 Å². The molecule has 3 aromatic heterocycles. The molecular formula is C37H46N4O5. The van der Waals surface area contributed by atoms with E-state index in [0.717, 1.165) is 87.3 Å². The molecule has 5 heterocycles. The van der Waals surface area contributed by atoms with E-state index in [1.807, 2.05) is 19.9 Å². The summed E-state index contributed by atoms with van der Waals surface area (Å²) in [7, 11) is 0. The van der Waals surface area contributed by atoms with Crippen LogP contribution in [-0.2, 0) is 20.9 Å². The van der Waals surface area contributed by atoms with Gasteiger partial charge in [-0.05, 0) is 93.0 Å². The molecule has 8 bridgehead atoms. The van der Waals surface area contributed by atoms with E-state index in [9.17, 15) is 14.7 Å². The number of aromatic nitrogens is 4. The monoisotopic (exact) mass is 626 g/mol. The van der Waals surface area contributed by atoms with E-state index in [4.69, 9.17) is 19.4 Å². The minimum absolute atomic E-state index is 0.00311. The lowest BCUT2D eigenvalue weighted by Crippen LogP contribution is -2.08. The van der Waals surface area contributed by atoms with Crippen molar-refractivity contribution in [2.24, 2.45) is 0 Å². The summed E-state index contributed by atoms with van der Waals surface area (Å²) in [5.74, 6) is -1.07. The van der Waals surface area contributed by atoms with Crippen LogP contribution in [-0.4, -0.2) is 50.7 Å². The predicted octanol–water partition coefficient (Wildman–Crippen LogP) is 8.44. The molecule has 2 aliphatic rings. The molecular weight excluding hydrogens is 580 g/mol. The molecule has 0 radical (unpaired) electrons. The number of nitrogens with one attached hydrogen (secondary N) is 2. The van der Waals surface area contributed by atoms with Gasteiger partial charge in [0.15, 0.2) is 0 Å². The average molecular weight is 627 g/mol. The van der Waals surface area contributed by atoms with Crippen LogP contribution in [0.25, 0.3) is 33.2 Å². The summed E-state index contributed by atoms with van der Waals surface area (Å²) < 4.78 is 11.3. The molecule has 0 saturated carbocycles. The normalized spacial score (nSPS) is 16.2. The van der Waals surface area contributed by atoms with Gasteiger partial charge in [-0.2, -0.15) is 0 Å². The number of aromatic amines is 2. The Morgan fingerprint density at radius 1 is 0.935 bits per heavy atom. The average Bonchev–Trinajstić information content (AvgIpc) is 3.71. The van der Waals surface area contributed by atoms with Crippen LogP contribution in [0.15, 0.2) is 18.2 Å². The number of nitrogens with zero attached hydrogens (tertiary/aromatic N) is 2. The third kappa shape index (κ3) is 6.25. The first-order valence-corrected chi connectivity index (χ1v) is 16.4. The number of aryl methyl sites for hydroxylation is 3. The van der Waals surface area contributed by atoms with Gasteiger partial charge in [0, 0.05) is 51.9 Å². The minimum Gasteiger partial charge on any atom is -0.478 e. The number of ether oxygens (including phenoxy) is 2. The maximum atomic E-state index is 12.7. The minimum atomic E-state index is -1.00. The van der Waals surface area contributed by atoms with Crippen LogP contribution in [0.5, 0.6) is 0 Å². The Morgan fingerprint density at radius 2 is 1.67 bits per heavy atom. The SMILES string of the molecule is CCCCCOCc1c(C)c2cc3nc(c(C)c4[nH]c(cc5nc(cc1[nH]2)C(C)=C5CC)c(C)c4C(=O)O)[C@@H](CCOC=O)[C@@H]3C. The molecule has 2 atom stereocenters. The lowest BCUT2D eigenvalue weighted by atomic mass is 9.87. The Labute approximate surface area is 270 Å².